The Morgan fingerprint density at radius 2 is 2.24 bits per heavy atom. The molecule has 1 amide bonds. The first-order valence-electron chi connectivity index (χ1n) is 6.96. The van der Waals surface area contributed by atoms with Gasteiger partial charge in [0.15, 0.2) is 0 Å². The van der Waals surface area contributed by atoms with Crippen LogP contribution in [0.3, 0.4) is 0 Å². The molecule has 0 unspecified atom stereocenters. The molecule has 108 valence electrons. The summed E-state index contributed by atoms with van der Waals surface area (Å²) in [5.74, 6) is -0.389. The first kappa shape index (κ1) is 13.4. The van der Waals surface area contributed by atoms with Gasteiger partial charge in [0.25, 0.3) is 5.91 Å². The van der Waals surface area contributed by atoms with Gasteiger partial charge in [-0.15, -0.1) is 6.58 Å². The molecule has 1 fully saturated rings. The van der Waals surface area contributed by atoms with Crippen LogP contribution in [0.15, 0.2) is 41.8 Å². The zero-order valence-electron chi connectivity index (χ0n) is 11.6. The lowest BCUT2D eigenvalue weighted by atomic mass is 10.1. The molecule has 0 atom stereocenters. The van der Waals surface area contributed by atoms with E-state index in [1.54, 1.807) is 18.3 Å². The number of hydrogen-bond acceptors (Lipinski definition) is 3. The SMILES string of the molecule is C=CCNC(=O)c1cn(C2CC2)c2cccc(N)c2c1=O. The molecule has 0 spiro atoms. The van der Waals surface area contributed by atoms with Crippen LogP contribution in [0.4, 0.5) is 5.69 Å². The minimum atomic E-state index is -0.389. The Bertz CT molecular complexity index is 788. The van der Waals surface area contributed by atoms with Gasteiger partial charge in [-0.2, -0.15) is 0 Å². The second-order valence-electron chi connectivity index (χ2n) is 5.25. The van der Waals surface area contributed by atoms with Crippen molar-refractivity contribution in [2.45, 2.75) is 18.9 Å². The third-order valence-electron chi connectivity index (χ3n) is 3.68. The molecule has 1 aliphatic carbocycles. The molecule has 21 heavy (non-hydrogen) atoms. The lowest BCUT2D eigenvalue weighted by Crippen LogP contribution is -2.30. The van der Waals surface area contributed by atoms with Crippen molar-refractivity contribution in [2.75, 3.05) is 12.3 Å². The smallest absolute Gasteiger partial charge is 0.257 e. The van der Waals surface area contributed by atoms with Crippen LogP contribution in [0.5, 0.6) is 0 Å². The highest BCUT2D eigenvalue weighted by molar-refractivity contribution is 6.00. The Balaban J connectivity index is 2.24. The number of pyridine rings is 1. The van der Waals surface area contributed by atoms with Crippen molar-refractivity contribution >= 4 is 22.5 Å². The number of carbonyl (C=O) groups is 1. The average Bonchev–Trinajstić information content (AvgIpc) is 3.29. The number of nitrogens with one attached hydrogen (secondary N) is 1. The van der Waals surface area contributed by atoms with Crippen LogP contribution in [-0.4, -0.2) is 17.0 Å². The Morgan fingerprint density at radius 1 is 1.48 bits per heavy atom. The molecule has 0 aliphatic heterocycles. The van der Waals surface area contributed by atoms with Gasteiger partial charge in [0.05, 0.1) is 10.9 Å². The van der Waals surface area contributed by atoms with E-state index in [2.05, 4.69) is 11.9 Å². The van der Waals surface area contributed by atoms with E-state index in [4.69, 9.17) is 5.73 Å². The van der Waals surface area contributed by atoms with Crippen molar-refractivity contribution in [3.63, 3.8) is 0 Å². The number of amides is 1. The van der Waals surface area contributed by atoms with Crippen molar-refractivity contribution in [3.05, 3.63) is 52.8 Å². The van der Waals surface area contributed by atoms with Crippen LogP contribution < -0.4 is 16.5 Å². The number of nitrogen functional groups attached to an aromatic ring is 1. The van der Waals surface area contributed by atoms with Crippen molar-refractivity contribution in [1.29, 1.82) is 0 Å². The van der Waals surface area contributed by atoms with Crippen LogP contribution in [0.1, 0.15) is 29.2 Å². The van der Waals surface area contributed by atoms with E-state index in [9.17, 15) is 9.59 Å². The molecule has 1 aliphatic rings. The zero-order valence-corrected chi connectivity index (χ0v) is 11.6. The summed E-state index contributed by atoms with van der Waals surface area (Å²) in [7, 11) is 0. The highest BCUT2D eigenvalue weighted by Gasteiger charge is 2.27. The zero-order chi connectivity index (χ0) is 15.0. The summed E-state index contributed by atoms with van der Waals surface area (Å²) in [4.78, 5) is 24.7. The molecule has 5 heteroatoms. The fourth-order valence-electron chi connectivity index (χ4n) is 2.50. The van der Waals surface area contributed by atoms with E-state index in [1.807, 2.05) is 16.7 Å². The van der Waals surface area contributed by atoms with Gasteiger partial charge >= 0.3 is 0 Å². The first-order valence-corrected chi connectivity index (χ1v) is 6.96. The van der Waals surface area contributed by atoms with Gasteiger partial charge in [0, 0.05) is 24.5 Å². The Labute approximate surface area is 122 Å². The largest absolute Gasteiger partial charge is 0.398 e. The summed E-state index contributed by atoms with van der Waals surface area (Å²) < 4.78 is 2.00. The van der Waals surface area contributed by atoms with Crippen LogP contribution in [0.25, 0.3) is 10.9 Å². The number of nitrogens with zero attached hydrogens (tertiary/aromatic N) is 1. The molecule has 3 N–H and O–H groups in total. The fraction of sp³-hybridized carbons (Fsp3) is 0.250. The van der Waals surface area contributed by atoms with Gasteiger partial charge in [-0.1, -0.05) is 12.1 Å². The third kappa shape index (κ3) is 2.31. The molecule has 5 nitrogen and oxygen atoms in total. The summed E-state index contributed by atoms with van der Waals surface area (Å²) in [6.07, 6.45) is 5.34. The van der Waals surface area contributed by atoms with Crippen molar-refractivity contribution in [1.82, 2.24) is 9.88 Å². The fourth-order valence-corrected chi connectivity index (χ4v) is 2.50. The van der Waals surface area contributed by atoms with Crippen LogP contribution in [0, 0.1) is 0 Å². The van der Waals surface area contributed by atoms with Gasteiger partial charge in [0.1, 0.15) is 5.56 Å². The van der Waals surface area contributed by atoms with Gasteiger partial charge in [-0.05, 0) is 25.0 Å². The normalized spacial score (nSPS) is 14.1. The van der Waals surface area contributed by atoms with Crippen molar-refractivity contribution in [2.24, 2.45) is 0 Å². The van der Waals surface area contributed by atoms with E-state index >= 15 is 0 Å². The van der Waals surface area contributed by atoms with E-state index in [-0.39, 0.29) is 16.9 Å². The first-order chi connectivity index (χ1) is 10.1. The summed E-state index contributed by atoms with van der Waals surface area (Å²) in [6.45, 7) is 3.87. The standard InChI is InChI=1S/C16H17N3O2/c1-2-8-18-16(21)11-9-19(10-6-7-10)13-5-3-4-12(17)14(13)15(11)20/h2-5,9-10H,1,6-8,17H2,(H,18,21). The Morgan fingerprint density at radius 3 is 2.90 bits per heavy atom. The number of carbonyl (C=O) groups excluding carboxylic acids is 1. The molecule has 0 bridgehead atoms. The predicted octanol–water partition coefficient (Wildman–Crippen LogP) is 1.83. The molecule has 3 rings (SSSR count). The summed E-state index contributed by atoms with van der Waals surface area (Å²) in [5.41, 5.74) is 6.97. The molecule has 1 aromatic carbocycles. The maximum Gasteiger partial charge on any atom is 0.257 e. The predicted molar refractivity (Wildman–Crippen MR) is 83.4 cm³/mol. The lowest BCUT2D eigenvalue weighted by Gasteiger charge is -2.13. The number of anilines is 1. The van der Waals surface area contributed by atoms with Crippen molar-refractivity contribution < 1.29 is 4.79 Å². The maximum atomic E-state index is 12.6. The number of fused-ring (bicyclic) bond motifs is 1. The molecule has 2 aromatic rings. The van der Waals surface area contributed by atoms with E-state index < -0.39 is 0 Å². The van der Waals surface area contributed by atoms with E-state index in [0.29, 0.717) is 23.7 Å². The molecular weight excluding hydrogens is 266 g/mol. The van der Waals surface area contributed by atoms with Gasteiger partial charge in [0.2, 0.25) is 5.43 Å². The monoisotopic (exact) mass is 283 g/mol. The second-order valence-corrected chi connectivity index (χ2v) is 5.25. The highest BCUT2D eigenvalue weighted by atomic mass is 16.2. The average molecular weight is 283 g/mol. The molecule has 1 heterocycles. The highest BCUT2D eigenvalue weighted by Crippen LogP contribution is 2.37. The summed E-state index contributed by atoms with van der Waals surface area (Å²) in [5, 5.41) is 3.08. The number of benzene rings is 1. The molecule has 0 radical (unpaired) electrons. The Kier molecular flexibility index (Phi) is 3.25. The van der Waals surface area contributed by atoms with Gasteiger partial charge < -0.3 is 15.6 Å². The Hall–Kier alpha value is -2.56. The van der Waals surface area contributed by atoms with Crippen molar-refractivity contribution in [3.8, 4) is 0 Å². The van der Waals surface area contributed by atoms with Gasteiger partial charge in [-0.3, -0.25) is 9.59 Å². The molecule has 0 saturated heterocycles. The van der Waals surface area contributed by atoms with Crippen LogP contribution >= 0.6 is 0 Å². The second kappa shape index (κ2) is 5.09. The topological polar surface area (TPSA) is 77.1 Å². The minimum absolute atomic E-state index is 0.133. The van der Waals surface area contributed by atoms with E-state index in [1.165, 1.54) is 0 Å². The third-order valence-corrected chi connectivity index (χ3v) is 3.68. The lowest BCUT2D eigenvalue weighted by molar-refractivity contribution is 0.0956. The number of rotatable bonds is 4. The van der Waals surface area contributed by atoms with Crippen LogP contribution in [-0.2, 0) is 0 Å². The molecular formula is C16H17N3O2. The molecule has 1 aromatic heterocycles. The maximum absolute atomic E-state index is 12.6. The number of nitrogens with two attached hydrogens (primary N) is 1. The van der Waals surface area contributed by atoms with Gasteiger partial charge in [-0.25, -0.2) is 0 Å². The quantitative estimate of drug-likeness (QED) is 0.664. The summed E-state index contributed by atoms with van der Waals surface area (Å²) >= 11 is 0. The summed E-state index contributed by atoms with van der Waals surface area (Å²) in [6, 6.07) is 5.73. The van der Waals surface area contributed by atoms with Crippen LogP contribution in [0.2, 0.25) is 0 Å². The number of aromatic nitrogens is 1. The van der Waals surface area contributed by atoms with E-state index in [0.717, 1.165) is 18.4 Å². The molecule has 1 saturated carbocycles. The number of hydrogen-bond donors (Lipinski definition) is 2. The minimum Gasteiger partial charge on any atom is -0.398 e.